The summed E-state index contributed by atoms with van der Waals surface area (Å²) in [5, 5.41) is 0.829. The normalized spacial score (nSPS) is 14.1. The number of H-pyrrole nitrogens is 1. The number of rotatable bonds is 2. The SMILES string of the molecule is CC(=C(c1c[nH]c2ccccc12)C(C)C)C(F)(F)F. The molecule has 0 spiro atoms. The molecule has 0 aliphatic rings. The van der Waals surface area contributed by atoms with Crippen LogP contribution in [0.15, 0.2) is 36.0 Å². The van der Waals surface area contributed by atoms with Gasteiger partial charge in [-0.25, -0.2) is 0 Å². The lowest BCUT2D eigenvalue weighted by Gasteiger charge is -2.17. The summed E-state index contributed by atoms with van der Waals surface area (Å²) in [5.74, 6) is -0.194. The number of halogens is 3. The molecule has 4 heteroatoms. The maximum absolute atomic E-state index is 13.0. The molecule has 0 amide bonds. The van der Waals surface area contributed by atoms with Gasteiger partial charge in [0.25, 0.3) is 0 Å². The number of para-hydroxylation sites is 1. The summed E-state index contributed by atoms with van der Waals surface area (Å²) in [4.78, 5) is 3.03. The molecule has 1 N–H and O–H groups in total. The topological polar surface area (TPSA) is 15.8 Å². The molecule has 2 rings (SSSR count). The third kappa shape index (κ3) is 2.53. The van der Waals surface area contributed by atoms with Gasteiger partial charge in [-0.1, -0.05) is 32.0 Å². The lowest BCUT2D eigenvalue weighted by atomic mass is 9.90. The lowest BCUT2D eigenvalue weighted by Crippen LogP contribution is -2.13. The van der Waals surface area contributed by atoms with Crippen LogP contribution in [0.5, 0.6) is 0 Å². The van der Waals surface area contributed by atoms with Crippen molar-refractivity contribution in [1.82, 2.24) is 4.98 Å². The van der Waals surface area contributed by atoms with Gasteiger partial charge in [0.2, 0.25) is 0 Å². The van der Waals surface area contributed by atoms with Gasteiger partial charge in [0.1, 0.15) is 0 Å². The number of fused-ring (bicyclic) bond motifs is 1. The van der Waals surface area contributed by atoms with E-state index < -0.39 is 11.7 Å². The minimum Gasteiger partial charge on any atom is -0.361 e. The first-order valence-electron chi connectivity index (χ1n) is 6.17. The smallest absolute Gasteiger partial charge is 0.361 e. The number of benzene rings is 1. The average molecular weight is 267 g/mol. The Hall–Kier alpha value is -1.71. The Labute approximate surface area is 110 Å². The summed E-state index contributed by atoms with van der Waals surface area (Å²) >= 11 is 0. The van der Waals surface area contributed by atoms with E-state index in [1.807, 2.05) is 24.3 Å². The summed E-state index contributed by atoms with van der Waals surface area (Å²) in [6.45, 7) is 4.72. The van der Waals surface area contributed by atoms with E-state index >= 15 is 0 Å². The van der Waals surface area contributed by atoms with Crippen molar-refractivity contribution in [2.75, 3.05) is 0 Å². The minimum absolute atomic E-state index is 0.194. The second kappa shape index (κ2) is 4.76. The molecule has 2 aromatic rings. The number of allylic oxidation sites excluding steroid dienone is 2. The zero-order valence-electron chi connectivity index (χ0n) is 11.1. The Morgan fingerprint density at radius 2 is 1.79 bits per heavy atom. The molecule has 19 heavy (non-hydrogen) atoms. The van der Waals surface area contributed by atoms with Crippen molar-refractivity contribution in [1.29, 1.82) is 0 Å². The zero-order valence-corrected chi connectivity index (χ0v) is 11.1. The van der Waals surface area contributed by atoms with E-state index in [1.165, 1.54) is 0 Å². The lowest BCUT2D eigenvalue weighted by molar-refractivity contribution is -0.0910. The Kier molecular flexibility index (Phi) is 3.43. The van der Waals surface area contributed by atoms with Gasteiger partial charge in [0, 0.05) is 28.2 Å². The molecule has 102 valence electrons. The molecule has 0 radical (unpaired) electrons. The van der Waals surface area contributed by atoms with Crippen LogP contribution in [0.4, 0.5) is 13.2 Å². The van der Waals surface area contributed by atoms with Crippen molar-refractivity contribution in [2.45, 2.75) is 26.9 Å². The van der Waals surface area contributed by atoms with Crippen LogP contribution in [-0.2, 0) is 0 Å². The van der Waals surface area contributed by atoms with Crippen LogP contribution in [0.1, 0.15) is 26.3 Å². The fourth-order valence-corrected chi connectivity index (χ4v) is 2.39. The molecule has 1 nitrogen and oxygen atoms in total. The Morgan fingerprint density at radius 1 is 1.16 bits per heavy atom. The molecule has 0 bridgehead atoms. The van der Waals surface area contributed by atoms with Crippen molar-refractivity contribution >= 4 is 16.5 Å². The van der Waals surface area contributed by atoms with E-state index in [1.54, 1.807) is 20.0 Å². The maximum Gasteiger partial charge on any atom is 0.412 e. The number of nitrogens with one attached hydrogen (secondary N) is 1. The first-order valence-corrected chi connectivity index (χ1v) is 6.17. The summed E-state index contributed by atoms with van der Waals surface area (Å²) in [7, 11) is 0. The fourth-order valence-electron chi connectivity index (χ4n) is 2.39. The summed E-state index contributed by atoms with van der Waals surface area (Å²) < 4.78 is 39.0. The van der Waals surface area contributed by atoms with Crippen molar-refractivity contribution in [3.05, 3.63) is 41.6 Å². The van der Waals surface area contributed by atoms with Crippen molar-refractivity contribution in [2.24, 2.45) is 5.92 Å². The molecule has 1 aromatic carbocycles. The molecule has 0 fully saturated rings. The fraction of sp³-hybridized carbons (Fsp3) is 0.333. The number of aromatic amines is 1. The van der Waals surface area contributed by atoms with E-state index in [-0.39, 0.29) is 5.92 Å². The number of hydrogen-bond donors (Lipinski definition) is 1. The highest BCUT2D eigenvalue weighted by molar-refractivity contribution is 5.93. The number of aromatic nitrogens is 1. The van der Waals surface area contributed by atoms with Gasteiger partial charge in [-0.05, 0) is 24.5 Å². The van der Waals surface area contributed by atoms with Gasteiger partial charge in [-0.3, -0.25) is 0 Å². The monoisotopic (exact) mass is 267 g/mol. The van der Waals surface area contributed by atoms with Crippen molar-refractivity contribution in [3.63, 3.8) is 0 Å². The summed E-state index contributed by atoms with van der Waals surface area (Å²) in [6, 6.07) is 7.39. The van der Waals surface area contributed by atoms with Gasteiger partial charge in [0.05, 0.1) is 0 Å². The number of hydrogen-bond acceptors (Lipinski definition) is 0. The van der Waals surface area contributed by atoms with Crippen LogP contribution in [0.2, 0.25) is 0 Å². The largest absolute Gasteiger partial charge is 0.412 e. The predicted octanol–water partition coefficient (Wildman–Crippen LogP) is 5.16. The standard InChI is InChI=1S/C15H16F3N/c1-9(2)14(10(3)15(16,17)18)12-8-19-13-7-5-4-6-11(12)13/h4-9,19H,1-3H3. The van der Waals surface area contributed by atoms with Gasteiger partial charge < -0.3 is 4.98 Å². The van der Waals surface area contributed by atoms with Crippen LogP contribution in [-0.4, -0.2) is 11.2 Å². The highest BCUT2D eigenvalue weighted by Crippen LogP contribution is 2.38. The quantitative estimate of drug-likeness (QED) is 0.773. The highest BCUT2D eigenvalue weighted by Gasteiger charge is 2.34. The maximum atomic E-state index is 13.0. The van der Waals surface area contributed by atoms with Gasteiger partial charge in [-0.2, -0.15) is 13.2 Å². The first kappa shape index (κ1) is 13.7. The van der Waals surface area contributed by atoms with E-state index in [9.17, 15) is 13.2 Å². The van der Waals surface area contributed by atoms with Crippen LogP contribution < -0.4 is 0 Å². The highest BCUT2D eigenvalue weighted by atomic mass is 19.4. The second-order valence-electron chi connectivity index (χ2n) is 4.94. The Bertz CT molecular complexity index is 618. The molecular formula is C15H16F3N. The molecule has 0 atom stereocenters. The average Bonchev–Trinajstić information content (AvgIpc) is 2.72. The molecule has 1 aromatic heterocycles. The summed E-state index contributed by atoms with van der Waals surface area (Å²) in [6.07, 6.45) is -2.63. The van der Waals surface area contributed by atoms with E-state index in [2.05, 4.69) is 4.98 Å². The Balaban J connectivity index is 2.71. The van der Waals surface area contributed by atoms with Gasteiger partial charge in [-0.15, -0.1) is 0 Å². The van der Waals surface area contributed by atoms with Gasteiger partial charge >= 0.3 is 6.18 Å². The minimum atomic E-state index is -4.29. The third-order valence-corrected chi connectivity index (χ3v) is 3.29. The summed E-state index contributed by atoms with van der Waals surface area (Å²) in [5.41, 5.74) is 1.32. The van der Waals surface area contributed by atoms with E-state index in [0.29, 0.717) is 11.1 Å². The van der Waals surface area contributed by atoms with Gasteiger partial charge in [0.15, 0.2) is 0 Å². The first-order chi connectivity index (χ1) is 8.82. The molecule has 1 heterocycles. The van der Waals surface area contributed by atoms with Crippen LogP contribution in [0, 0.1) is 5.92 Å². The van der Waals surface area contributed by atoms with Crippen LogP contribution in [0.25, 0.3) is 16.5 Å². The molecule has 0 aliphatic carbocycles. The second-order valence-corrected chi connectivity index (χ2v) is 4.94. The molecule has 0 unspecified atom stereocenters. The zero-order chi connectivity index (χ0) is 14.2. The van der Waals surface area contributed by atoms with E-state index in [4.69, 9.17) is 0 Å². The van der Waals surface area contributed by atoms with E-state index in [0.717, 1.165) is 17.8 Å². The number of alkyl halides is 3. The Morgan fingerprint density at radius 3 is 2.37 bits per heavy atom. The third-order valence-electron chi connectivity index (χ3n) is 3.29. The molecular weight excluding hydrogens is 251 g/mol. The van der Waals surface area contributed by atoms with Crippen molar-refractivity contribution in [3.8, 4) is 0 Å². The molecule has 0 saturated carbocycles. The van der Waals surface area contributed by atoms with Crippen LogP contribution >= 0.6 is 0 Å². The molecule has 0 aliphatic heterocycles. The van der Waals surface area contributed by atoms with Crippen molar-refractivity contribution < 1.29 is 13.2 Å². The predicted molar refractivity (Wildman–Crippen MR) is 71.8 cm³/mol. The van der Waals surface area contributed by atoms with Crippen LogP contribution in [0.3, 0.4) is 0 Å². The molecule has 0 saturated heterocycles.